The highest BCUT2D eigenvalue weighted by atomic mass is 16.4. The van der Waals surface area contributed by atoms with E-state index in [-0.39, 0.29) is 6.42 Å². The quantitative estimate of drug-likeness (QED) is 0.866. The fourth-order valence-corrected chi connectivity index (χ4v) is 2.08. The van der Waals surface area contributed by atoms with Crippen LogP contribution < -0.4 is 0 Å². The molecule has 1 aromatic heterocycles. The van der Waals surface area contributed by atoms with Gasteiger partial charge in [0.15, 0.2) is 0 Å². The summed E-state index contributed by atoms with van der Waals surface area (Å²) in [6.45, 7) is 1.36. The lowest BCUT2D eigenvalue weighted by Gasteiger charge is -2.18. The molecule has 1 N–H and O–H groups in total. The highest BCUT2D eigenvalue weighted by Crippen LogP contribution is 2.13. The van der Waals surface area contributed by atoms with Crippen molar-refractivity contribution in [1.29, 1.82) is 0 Å². The number of nitrogens with zero attached hydrogens (tertiary/aromatic N) is 3. The van der Waals surface area contributed by atoms with Gasteiger partial charge in [-0.3, -0.25) is 19.7 Å². The minimum atomic E-state index is -0.811. The number of aliphatic carboxylic acids is 1. The Hall–Kier alpha value is -2.27. The minimum Gasteiger partial charge on any atom is -0.481 e. The van der Waals surface area contributed by atoms with Crippen LogP contribution in [0.5, 0.6) is 0 Å². The predicted octanol–water partition coefficient (Wildman–Crippen LogP) is 1.74. The lowest BCUT2D eigenvalue weighted by Crippen LogP contribution is -2.19. The van der Waals surface area contributed by atoms with Gasteiger partial charge in [0.05, 0.1) is 12.1 Å². The molecule has 0 atom stereocenters. The molecule has 0 radical (unpaired) electrons. The fraction of sp³-hybridized carbons (Fsp3) is 0.267. The Morgan fingerprint density at radius 3 is 2.60 bits per heavy atom. The van der Waals surface area contributed by atoms with Crippen LogP contribution in [0.15, 0.2) is 42.9 Å². The molecule has 0 aliphatic rings. The van der Waals surface area contributed by atoms with E-state index in [1.165, 1.54) is 0 Å². The van der Waals surface area contributed by atoms with Gasteiger partial charge in [-0.2, -0.15) is 0 Å². The molecule has 0 spiro atoms. The molecule has 20 heavy (non-hydrogen) atoms. The highest BCUT2D eigenvalue weighted by Gasteiger charge is 2.09. The average molecular weight is 271 g/mol. The Bertz CT molecular complexity index is 572. The van der Waals surface area contributed by atoms with Crippen molar-refractivity contribution in [2.24, 2.45) is 0 Å². The van der Waals surface area contributed by atoms with Gasteiger partial charge in [-0.05, 0) is 18.2 Å². The van der Waals surface area contributed by atoms with Crippen LogP contribution in [-0.4, -0.2) is 33.0 Å². The molecule has 0 aliphatic heterocycles. The normalized spacial score (nSPS) is 10.7. The maximum absolute atomic E-state index is 10.9. The molecule has 2 aromatic rings. The molecule has 0 bridgehead atoms. The summed E-state index contributed by atoms with van der Waals surface area (Å²) < 4.78 is 0. The molecule has 5 nitrogen and oxygen atoms in total. The van der Waals surface area contributed by atoms with Gasteiger partial charge in [0, 0.05) is 31.7 Å². The van der Waals surface area contributed by atoms with E-state index in [4.69, 9.17) is 5.11 Å². The molecule has 0 amide bonds. The average Bonchev–Trinajstić information content (AvgIpc) is 2.41. The fourth-order valence-electron chi connectivity index (χ4n) is 2.08. The first-order chi connectivity index (χ1) is 9.65. The van der Waals surface area contributed by atoms with Crippen molar-refractivity contribution in [1.82, 2.24) is 14.9 Å². The number of rotatable bonds is 6. The molecule has 104 valence electrons. The van der Waals surface area contributed by atoms with Crippen molar-refractivity contribution in [3.05, 3.63) is 59.7 Å². The predicted molar refractivity (Wildman–Crippen MR) is 75.0 cm³/mol. The molecule has 0 fully saturated rings. The van der Waals surface area contributed by atoms with Crippen molar-refractivity contribution in [3.63, 3.8) is 0 Å². The van der Waals surface area contributed by atoms with E-state index >= 15 is 0 Å². The molecular weight excluding hydrogens is 254 g/mol. The number of carboxylic acid groups (broad SMARTS) is 1. The number of hydrogen-bond donors (Lipinski definition) is 1. The molecule has 0 saturated carbocycles. The van der Waals surface area contributed by atoms with Gasteiger partial charge < -0.3 is 5.11 Å². The van der Waals surface area contributed by atoms with E-state index in [9.17, 15) is 4.79 Å². The first-order valence-electron chi connectivity index (χ1n) is 6.37. The van der Waals surface area contributed by atoms with E-state index in [0.29, 0.717) is 13.1 Å². The molecule has 2 rings (SSSR count). The Labute approximate surface area is 117 Å². The van der Waals surface area contributed by atoms with Gasteiger partial charge in [0.1, 0.15) is 0 Å². The van der Waals surface area contributed by atoms with Crippen molar-refractivity contribution >= 4 is 5.97 Å². The number of hydrogen-bond acceptors (Lipinski definition) is 4. The Morgan fingerprint density at radius 1 is 1.20 bits per heavy atom. The standard InChI is InChI=1S/C15H17N3O2/c1-18(11-14-9-16-6-7-17-14)10-13-5-3-2-4-12(13)8-15(19)20/h2-7,9H,8,10-11H2,1H3,(H,19,20). The summed E-state index contributed by atoms with van der Waals surface area (Å²) in [4.78, 5) is 21.2. The number of benzene rings is 1. The van der Waals surface area contributed by atoms with Gasteiger partial charge in [0.2, 0.25) is 0 Å². The largest absolute Gasteiger partial charge is 0.481 e. The van der Waals surface area contributed by atoms with Crippen LogP contribution >= 0.6 is 0 Å². The van der Waals surface area contributed by atoms with E-state index in [2.05, 4.69) is 14.9 Å². The van der Waals surface area contributed by atoms with Crippen LogP contribution in [0.2, 0.25) is 0 Å². The lowest BCUT2D eigenvalue weighted by atomic mass is 10.0. The molecule has 5 heteroatoms. The van der Waals surface area contributed by atoms with Crippen LogP contribution in [0, 0.1) is 0 Å². The third-order valence-corrected chi connectivity index (χ3v) is 2.95. The summed E-state index contributed by atoms with van der Waals surface area (Å²) in [6, 6.07) is 7.62. The van der Waals surface area contributed by atoms with Crippen LogP contribution in [0.4, 0.5) is 0 Å². The molecule has 1 heterocycles. The second kappa shape index (κ2) is 6.77. The minimum absolute atomic E-state index is 0.0507. The van der Waals surface area contributed by atoms with Gasteiger partial charge in [-0.1, -0.05) is 24.3 Å². The van der Waals surface area contributed by atoms with Gasteiger partial charge in [-0.15, -0.1) is 0 Å². The molecule has 1 aromatic carbocycles. The van der Waals surface area contributed by atoms with Crippen LogP contribution in [-0.2, 0) is 24.3 Å². The van der Waals surface area contributed by atoms with Crippen LogP contribution in [0.25, 0.3) is 0 Å². The van der Waals surface area contributed by atoms with Gasteiger partial charge in [-0.25, -0.2) is 0 Å². The third kappa shape index (κ3) is 4.13. The van der Waals surface area contributed by atoms with Crippen molar-refractivity contribution < 1.29 is 9.90 Å². The molecular formula is C15H17N3O2. The SMILES string of the molecule is CN(Cc1cnccn1)Cc1ccccc1CC(=O)O. The van der Waals surface area contributed by atoms with Crippen molar-refractivity contribution in [3.8, 4) is 0 Å². The summed E-state index contributed by atoms with van der Waals surface area (Å²) in [5, 5.41) is 8.93. The maximum atomic E-state index is 10.9. The molecule has 0 saturated heterocycles. The van der Waals surface area contributed by atoms with Crippen molar-refractivity contribution in [2.45, 2.75) is 19.5 Å². The summed E-state index contributed by atoms with van der Waals surface area (Å²) in [5.74, 6) is -0.811. The first kappa shape index (κ1) is 14.1. The zero-order chi connectivity index (χ0) is 14.4. The zero-order valence-electron chi connectivity index (χ0n) is 11.4. The molecule has 0 aliphatic carbocycles. The highest BCUT2D eigenvalue weighted by molar-refractivity contribution is 5.70. The van der Waals surface area contributed by atoms with E-state index < -0.39 is 5.97 Å². The van der Waals surface area contributed by atoms with Crippen LogP contribution in [0.3, 0.4) is 0 Å². The lowest BCUT2D eigenvalue weighted by molar-refractivity contribution is -0.136. The second-order valence-corrected chi connectivity index (χ2v) is 4.71. The van der Waals surface area contributed by atoms with E-state index in [1.807, 2.05) is 31.3 Å². The smallest absolute Gasteiger partial charge is 0.307 e. The Balaban J connectivity index is 2.04. The van der Waals surface area contributed by atoms with E-state index in [0.717, 1.165) is 16.8 Å². The van der Waals surface area contributed by atoms with Gasteiger partial charge in [0.25, 0.3) is 0 Å². The number of aromatic nitrogens is 2. The summed E-state index contributed by atoms with van der Waals surface area (Å²) in [6.07, 6.45) is 5.10. The first-order valence-corrected chi connectivity index (χ1v) is 6.37. The van der Waals surface area contributed by atoms with E-state index in [1.54, 1.807) is 18.6 Å². The van der Waals surface area contributed by atoms with Crippen LogP contribution in [0.1, 0.15) is 16.8 Å². The molecule has 0 unspecified atom stereocenters. The summed E-state index contributed by atoms with van der Waals surface area (Å²) >= 11 is 0. The number of carbonyl (C=O) groups is 1. The summed E-state index contributed by atoms with van der Waals surface area (Å²) in [5.41, 5.74) is 2.78. The zero-order valence-corrected chi connectivity index (χ0v) is 11.4. The Morgan fingerprint density at radius 2 is 1.95 bits per heavy atom. The maximum Gasteiger partial charge on any atom is 0.307 e. The Kier molecular flexibility index (Phi) is 4.79. The second-order valence-electron chi connectivity index (χ2n) is 4.71. The topological polar surface area (TPSA) is 66.3 Å². The monoisotopic (exact) mass is 271 g/mol. The summed E-state index contributed by atoms with van der Waals surface area (Å²) in [7, 11) is 1.98. The van der Waals surface area contributed by atoms with Crippen molar-refractivity contribution in [2.75, 3.05) is 7.05 Å². The van der Waals surface area contributed by atoms with Gasteiger partial charge >= 0.3 is 5.97 Å². The number of carboxylic acids is 1. The third-order valence-electron chi connectivity index (χ3n) is 2.95.